The van der Waals surface area contributed by atoms with Gasteiger partial charge in [-0.1, -0.05) is 36.2 Å². The van der Waals surface area contributed by atoms with E-state index in [-0.39, 0.29) is 0 Å². The van der Waals surface area contributed by atoms with Crippen LogP contribution in [-0.4, -0.2) is 23.1 Å². The topological polar surface area (TPSA) is 49.8 Å². The summed E-state index contributed by atoms with van der Waals surface area (Å²) in [5.74, 6) is 1.44. The smallest absolute Gasteiger partial charge is 0.224 e. The molecule has 21 heavy (non-hydrogen) atoms. The van der Waals surface area contributed by atoms with Crippen molar-refractivity contribution in [1.82, 2.24) is 9.97 Å². The minimum atomic E-state index is 0.645. The van der Waals surface area contributed by atoms with Gasteiger partial charge in [-0.05, 0) is 36.6 Å². The molecule has 0 spiro atoms. The van der Waals surface area contributed by atoms with Gasteiger partial charge < -0.3 is 10.6 Å². The number of hydrogen-bond donors (Lipinski definition) is 2. The van der Waals surface area contributed by atoms with E-state index in [1.807, 2.05) is 18.2 Å². The maximum atomic E-state index is 6.15. The number of hydrogen-bond acceptors (Lipinski definition) is 4. The Morgan fingerprint density at radius 3 is 2.71 bits per heavy atom. The molecule has 0 fully saturated rings. The van der Waals surface area contributed by atoms with E-state index in [2.05, 4.69) is 27.5 Å². The van der Waals surface area contributed by atoms with Gasteiger partial charge in [0.1, 0.15) is 5.82 Å². The van der Waals surface area contributed by atoms with Crippen molar-refractivity contribution in [3.05, 3.63) is 46.1 Å². The maximum Gasteiger partial charge on any atom is 0.224 e. The summed E-state index contributed by atoms with van der Waals surface area (Å²) in [6.07, 6.45) is 3.58. The molecular weight excluding hydrogens is 307 g/mol. The Morgan fingerprint density at radius 2 is 1.95 bits per heavy atom. The van der Waals surface area contributed by atoms with Crippen LogP contribution in [-0.2, 0) is 6.42 Å². The lowest BCUT2D eigenvalue weighted by atomic mass is 10.1. The standard InChI is InChI=1S/C15H18Cl2N4/c1-2-7-19-15-20-9-6-14(21-15)18-8-5-11-3-4-12(16)10-13(11)17/h3-4,6,9-10H,2,5,7-8H2,1H3,(H2,18,19,20,21). The molecule has 0 aliphatic carbocycles. The lowest BCUT2D eigenvalue weighted by molar-refractivity contribution is 0.946. The van der Waals surface area contributed by atoms with Gasteiger partial charge in [-0.15, -0.1) is 0 Å². The van der Waals surface area contributed by atoms with E-state index in [0.29, 0.717) is 16.0 Å². The normalized spacial score (nSPS) is 10.4. The van der Waals surface area contributed by atoms with Crippen LogP contribution in [0.4, 0.5) is 11.8 Å². The predicted molar refractivity (Wildman–Crippen MR) is 89.5 cm³/mol. The van der Waals surface area contributed by atoms with Gasteiger partial charge >= 0.3 is 0 Å². The Kier molecular flexibility index (Phi) is 6.08. The quantitative estimate of drug-likeness (QED) is 0.798. The third-order valence-electron chi connectivity index (χ3n) is 2.90. The average molecular weight is 325 g/mol. The number of benzene rings is 1. The molecule has 0 saturated heterocycles. The first kappa shape index (κ1) is 15.9. The molecule has 112 valence electrons. The Labute approximate surface area is 134 Å². The van der Waals surface area contributed by atoms with Crippen molar-refractivity contribution in [2.24, 2.45) is 0 Å². The number of rotatable bonds is 7. The van der Waals surface area contributed by atoms with Crippen LogP contribution in [0.25, 0.3) is 0 Å². The van der Waals surface area contributed by atoms with Crippen LogP contribution >= 0.6 is 23.2 Å². The first-order valence-corrected chi connectivity index (χ1v) is 7.69. The van der Waals surface area contributed by atoms with Crippen molar-refractivity contribution < 1.29 is 0 Å². The van der Waals surface area contributed by atoms with Gasteiger partial charge in [0.25, 0.3) is 0 Å². The van der Waals surface area contributed by atoms with E-state index in [0.717, 1.165) is 37.3 Å². The largest absolute Gasteiger partial charge is 0.370 e. The van der Waals surface area contributed by atoms with Gasteiger partial charge in [0, 0.05) is 29.3 Å². The molecule has 2 N–H and O–H groups in total. The number of anilines is 2. The van der Waals surface area contributed by atoms with Gasteiger partial charge in [-0.3, -0.25) is 0 Å². The van der Waals surface area contributed by atoms with Crippen LogP contribution in [0, 0.1) is 0 Å². The highest BCUT2D eigenvalue weighted by molar-refractivity contribution is 6.35. The van der Waals surface area contributed by atoms with Gasteiger partial charge in [0.15, 0.2) is 0 Å². The third kappa shape index (κ3) is 5.06. The summed E-state index contributed by atoms with van der Waals surface area (Å²) >= 11 is 12.0. The van der Waals surface area contributed by atoms with Crippen molar-refractivity contribution >= 4 is 35.0 Å². The second kappa shape index (κ2) is 8.05. The average Bonchev–Trinajstić information content (AvgIpc) is 2.48. The molecule has 4 nitrogen and oxygen atoms in total. The maximum absolute atomic E-state index is 6.15. The monoisotopic (exact) mass is 324 g/mol. The van der Waals surface area contributed by atoms with Crippen LogP contribution < -0.4 is 10.6 Å². The summed E-state index contributed by atoms with van der Waals surface area (Å²) in [4.78, 5) is 8.56. The summed E-state index contributed by atoms with van der Waals surface area (Å²) in [5, 5.41) is 7.77. The van der Waals surface area contributed by atoms with E-state index < -0.39 is 0 Å². The second-order valence-corrected chi connectivity index (χ2v) is 5.45. The van der Waals surface area contributed by atoms with Crippen molar-refractivity contribution in [1.29, 1.82) is 0 Å². The van der Waals surface area contributed by atoms with Gasteiger partial charge in [0.2, 0.25) is 5.95 Å². The molecule has 0 amide bonds. The molecule has 0 saturated carbocycles. The SMILES string of the molecule is CCCNc1nccc(NCCc2ccc(Cl)cc2Cl)n1. The molecule has 1 aromatic carbocycles. The van der Waals surface area contributed by atoms with E-state index in [4.69, 9.17) is 23.2 Å². The van der Waals surface area contributed by atoms with Crippen LogP contribution in [0.5, 0.6) is 0 Å². The lowest BCUT2D eigenvalue weighted by Gasteiger charge is -2.09. The van der Waals surface area contributed by atoms with Crippen LogP contribution in [0.15, 0.2) is 30.5 Å². The molecule has 0 aliphatic rings. The molecule has 1 heterocycles. The molecule has 0 unspecified atom stereocenters. The number of nitrogens with one attached hydrogen (secondary N) is 2. The van der Waals surface area contributed by atoms with Crippen LogP contribution in [0.3, 0.4) is 0 Å². The lowest BCUT2D eigenvalue weighted by Crippen LogP contribution is -2.09. The molecule has 0 aliphatic heterocycles. The second-order valence-electron chi connectivity index (χ2n) is 4.60. The molecule has 0 radical (unpaired) electrons. The first-order chi connectivity index (χ1) is 10.2. The Balaban J connectivity index is 1.88. The molecule has 6 heteroatoms. The highest BCUT2D eigenvalue weighted by Gasteiger charge is 2.02. The van der Waals surface area contributed by atoms with Gasteiger partial charge in [-0.2, -0.15) is 4.98 Å². The number of aromatic nitrogens is 2. The fourth-order valence-corrected chi connectivity index (χ4v) is 2.33. The predicted octanol–water partition coefficient (Wildman–Crippen LogP) is 4.26. The summed E-state index contributed by atoms with van der Waals surface area (Å²) in [6, 6.07) is 7.40. The highest BCUT2D eigenvalue weighted by atomic mass is 35.5. The zero-order chi connectivity index (χ0) is 15.1. The minimum Gasteiger partial charge on any atom is -0.370 e. The fraction of sp³-hybridized carbons (Fsp3) is 0.333. The van der Waals surface area contributed by atoms with E-state index in [1.54, 1.807) is 12.3 Å². The molecule has 1 aromatic heterocycles. The molecule has 0 bridgehead atoms. The van der Waals surface area contributed by atoms with Crippen LogP contribution in [0.1, 0.15) is 18.9 Å². The molecular formula is C15H18Cl2N4. The summed E-state index contributed by atoms with van der Waals surface area (Å²) in [7, 11) is 0. The summed E-state index contributed by atoms with van der Waals surface area (Å²) in [5.41, 5.74) is 1.06. The van der Waals surface area contributed by atoms with Gasteiger partial charge in [-0.25, -0.2) is 4.98 Å². The molecule has 2 rings (SSSR count). The Hall–Kier alpha value is -1.52. The van der Waals surface area contributed by atoms with Crippen molar-refractivity contribution in [2.75, 3.05) is 23.7 Å². The molecule has 0 atom stereocenters. The van der Waals surface area contributed by atoms with E-state index in [9.17, 15) is 0 Å². The third-order valence-corrected chi connectivity index (χ3v) is 3.49. The van der Waals surface area contributed by atoms with Crippen LogP contribution in [0.2, 0.25) is 10.0 Å². The van der Waals surface area contributed by atoms with Crippen molar-refractivity contribution in [3.8, 4) is 0 Å². The Bertz CT molecular complexity index is 590. The van der Waals surface area contributed by atoms with Gasteiger partial charge in [0.05, 0.1) is 0 Å². The summed E-state index contributed by atoms with van der Waals surface area (Å²) < 4.78 is 0. The molecule has 2 aromatic rings. The van der Waals surface area contributed by atoms with E-state index in [1.165, 1.54) is 0 Å². The Morgan fingerprint density at radius 1 is 1.10 bits per heavy atom. The summed E-state index contributed by atoms with van der Waals surface area (Å²) in [6.45, 7) is 3.71. The number of nitrogens with zero attached hydrogens (tertiary/aromatic N) is 2. The zero-order valence-electron chi connectivity index (χ0n) is 11.9. The van der Waals surface area contributed by atoms with Crippen molar-refractivity contribution in [3.63, 3.8) is 0 Å². The number of halogens is 2. The highest BCUT2D eigenvalue weighted by Crippen LogP contribution is 2.21. The van der Waals surface area contributed by atoms with E-state index >= 15 is 0 Å². The minimum absolute atomic E-state index is 0.645. The zero-order valence-corrected chi connectivity index (χ0v) is 13.4. The first-order valence-electron chi connectivity index (χ1n) is 6.93. The fourth-order valence-electron chi connectivity index (χ4n) is 1.83. The van der Waals surface area contributed by atoms with Crippen molar-refractivity contribution in [2.45, 2.75) is 19.8 Å².